The van der Waals surface area contributed by atoms with Crippen LogP contribution in [0.3, 0.4) is 0 Å². The van der Waals surface area contributed by atoms with Crippen LogP contribution in [0.5, 0.6) is 0 Å². The van der Waals surface area contributed by atoms with Crippen LogP contribution in [0.25, 0.3) is 0 Å². The minimum absolute atomic E-state index is 0.120. The maximum Gasteiger partial charge on any atom is 0.302 e. The van der Waals surface area contributed by atoms with Crippen LogP contribution in [0.15, 0.2) is 0 Å². The van der Waals surface area contributed by atoms with E-state index in [0.717, 1.165) is 37.5 Å². The average molecular weight is 332 g/mol. The Bertz CT molecular complexity index is 555. The summed E-state index contributed by atoms with van der Waals surface area (Å²) in [6.45, 7) is 6.42. The van der Waals surface area contributed by atoms with Crippen molar-refractivity contribution in [1.29, 1.82) is 0 Å². The molecule has 7 atom stereocenters. The van der Waals surface area contributed by atoms with E-state index in [0.29, 0.717) is 23.0 Å². The number of rotatable bonds is 1. The molecule has 0 aliphatic heterocycles. The SMILES string of the molecule is CC(=O)O[C@@H]1CC[C@@H]2[C@H]3CC[C@H]4CC(=O)CC[C@]4(C)[C@@H]3CC[C@]21C. The van der Waals surface area contributed by atoms with E-state index in [1.54, 1.807) is 6.92 Å². The molecule has 0 spiro atoms. The van der Waals surface area contributed by atoms with Crippen molar-refractivity contribution in [2.45, 2.75) is 84.7 Å². The van der Waals surface area contributed by atoms with Crippen molar-refractivity contribution in [1.82, 2.24) is 0 Å². The van der Waals surface area contributed by atoms with Gasteiger partial charge in [-0.3, -0.25) is 9.59 Å². The normalized spacial score (nSPS) is 50.6. The fourth-order valence-electron chi connectivity index (χ4n) is 7.39. The lowest BCUT2D eigenvalue weighted by Gasteiger charge is -2.60. The summed E-state index contributed by atoms with van der Waals surface area (Å²) < 4.78 is 5.73. The topological polar surface area (TPSA) is 43.4 Å². The van der Waals surface area contributed by atoms with E-state index in [4.69, 9.17) is 4.74 Å². The molecule has 0 bridgehead atoms. The first-order chi connectivity index (χ1) is 11.3. The van der Waals surface area contributed by atoms with Gasteiger partial charge in [0.2, 0.25) is 0 Å². The van der Waals surface area contributed by atoms with E-state index in [9.17, 15) is 9.59 Å². The molecule has 0 amide bonds. The fourth-order valence-corrected chi connectivity index (χ4v) is 7.39. The Morgan fingerprint density at radius 2 is 1.75 bits per heavy atom. The molecule has 4 fully saturated rings. The van der Waals surface area contributed by atoms with Gasteiger partial charge >= 0.3 is 5.97 Å². The molecule has 4 saturated carbocycles. The van der Waals surface area contributed by atoms with Gasteiger partial charge in [0.15, 0.2) is 0 Å². The molecule has 24 heavy (non-hydrogen) atoms. The molecule has 0 unspecified atom stereocenters. The van der Waals surface area contributed by atoms with Crippen LogP contribution in [-0.4, -0.2) is 17.9 Å². The molecule has 0 N–H and O–H groups in total. The molecular weight excluding hydrogens is 300 g/mol. The summed E-state index contributed by atoms with van der Waals surface area (Å²) in [6.07, 6.45) is 10.1. The van der Waals surface area contributed by atoms with Crippen LogP contribution in [-0.2, 0) is 14.3 Å². The molecule has 0 heterocycles. The Morgan fingerprint density at radius 1 is 1.00 bits per heavy atom. The maximum atomic E-state index is 12.0. The molecular formula is C21H32O3. The van der Waals surface area contributed by atoms with Crippen molar-refractivity contribution in [3.05, 3.63) is 0 Å². The van der Waals surface area contributed by atoms with E-state index >= 15 is 0 Å². The fraction of sp³-hybridized carbons (Fsp3) is 0.905. The molecule has 4 aliphatic rings. The number of carbonyl (C=O) groups is 2. The summed E-state index contributed by atoms with van der Waals surface area (Å²) in [5.74, 6) is 3.25. The molecule has 134 valence electrons. The summed E-state index contributed by atoms with van der Waals surface area (Å²) in [5.41, 5.74) is 0.554. The molecule has 0 aromatic rings. The number of fused-ring (bicyclic) bond motifs is 5. The summed E-state index contributed by atoms with van der Waals surface area (Å²) in [5, 5.41) is 0. The van der Waals surface area contributed by atoms with Gasteiger partial charge in [-0.25, -0.2) is 0 Å². The highest BCUT2D eigenvalue weighted by molar-refractivity contribution is 5.79. The highest BCUT2D eigenvalue weighted by atomic mass is 16.5. The minimum Gasteiger partial charge on any atom is -0.462 e. The third-order valence-electron chi connectivity index (χ3n) is 8.70. The number of esters is 1. The minimum atomic E-state index is -0.120. The molecule has 0 aromatic heterocycles. The van der Waals surface area contributed by atoms with Crippen molar-refractivity contribution in [2.75, 3.05) is 0 Å². The van der Waals surface area contributed by atoms with Gasteiger partial charge in [0.05, 0.1) is 0 Å². The lowest BCUT2D eigenvalue weighted by molar-refractivity contribution is -0.162. The zero-order chi connectivity index (χ0) is 17.1. The van der Waals surface area contributed by atoms with Crippen molar-refractivity contribution in [2.24, 2.45) is 34.5 Å². The van der Waals surface area contributed by atoms with Crippen LogP contribution in [0.1, 0.15) is 78.6 Å². The van der Waals surface area contributed by atoms with Gasteiger partial charge < -0.3 is 4.74 Å². The number of hydrogen-bond donors (Lipinski definition) is 0. The van der Waals surface area contributed by atoms with Crippen molar-refractivity contribution in [3.8, 4) is 0 Å². The predicted molar refractivity (Wildman–Crippen MR) is 92.3 cm³/mol. The number of hydrogen-bond acceptors (Lipinski definition) is 3. The first-order valence-corrected chi connectivity index (χ1v) is 10.0. The number of Topliss-reactive ketones (excluding diaryl/α,β-unsaturated/α-hetero) is 1. The first kappa shape index (κ1) is 16.6. The largest absolute Gasteiger partial charge is 0.462 e. The average Bonchev–Trinajstić information content (AvgIpc) is 2.84. The molecule has 4 aliphatic carbocycles. The second-order valence-corrected chi connectivity index (χ2v) is 9.62. The predicted octanol–water partition coefficient (Wildman–Crippen LogP) is 4.53. The highest BCUT2D eigenvalue weighted by Crippen LogP contribution is 2.66. The van der Waals surface area contributed by atoms with Gasteiger partial charge in [-0.2, -0.15) is 0 Å². The van der Waals surface area contributed by atoms with Gasteiger partial charge in [-0.15, -0.1) is 0 Å². The van der Waals surface area contributed by atoms with Gasteiger partial charge in [-0.1, -0.05) is 13.8 Å². The summed E-state index contributed by atoms with van der Waals surface area (Å²) in [6, 6.07) is 0. The van der Waals surface area contributed by atoms with Crippen molar-refractivity contribution >= 4 is 11.8 Å². The molecule has 0 aromatic carbocycles. The maximum absolute atomic E-state index is 12.0. The zero-order valence-corrected chi connectivity index (χ0v) is 15.5. The van der Waals surface area contributed by atoms with Gasteiger partial charge in [0, 0.05) is 25.2 Å². The van der Waals surface area contributed by atoms with Crippen molar-refractivity contribution in [3.63, 3.8) is 0 Å². The van der Waals surface area contributed by atoms with Crippen LogP contribution < -0.4 is 0 Å². The van der Waals surface area contributed by atoms with E-state index in [2.05, 4.69) is 13.8 Å². The van der Waals surface area contributed by atoms with Crippen LogP contribution >= 0.6 is 0 Å². The van der Waals surface area contributed by atoms with Crippen LogP contribution in [0.4, 0.5) is 0 Å². The second-order valence-electron chi connectivity index (χ2n) is 9.62. The first-order valence-electron chi connectivity index (χ1n) is 10.0. The smallest absolute Gasteiger partial charge is 0.302 e. The highest BCUT2D eigenvalue weighted by Gasteiger charge is 2.60. The summed E-state index contributed by atoms with van der Waals surface area (Å²) in [7, 11) is 0. The monoisotopic (exact) mass is 332 g/mol. The molecule has 3 nitrogen and oxygen atoms in total. The molecule has 0 radical (unpaired) electrons. The molecule has 0 saturated heterocycles. The van der Waals surface area contributed by atoms with E-state index in [1.165, 1.54) is 32.1 Å². The zero-order valence-electron chi connectivity index (χ0n) is 15.5. The Labute approximate surface area is 145 Å². The lowest BCUT2D eigenvalue weighted by Crippen LogP contribution is -2.54. The Balaban J connectivity index is 1.58. The van der Waals surface area contributed by atoms with Gasteiger partial charge in [0.25, 0.3) is 0 Å². The number of ketones is 1. The lowest BCUT2D eigenvalue weighted by atomic mass is 9.45. The van der Waals surface area contributed by atoms with Crippen LogP contribution in [0, 0.1) is 34.5 Å². The van der Waals surface area contributed by atoms with Gasteiger partial charge in [0.1, 0.15) is 11.9 Å². The van der Waals surface area contributed by atoms with Crippen LogP contribution in [0.2, 0.25) is 0 Å². The van der Waals surface area contributed by atoms with E-state index in [-0.39, 0.29) is 17.5 Å². The Kier molecular flexibility index (Phi) is 3.85. The Hall–Kier alpha value is -0.860. The second kappa shape index (κ2) is 5.57. The Morgan fingerprint density at radius 3 is 2.50 bits per heavy atom. The summed E-state index contributed by atoms with van der Waals surface area (Å²) >= 11 is 0. The third-order valence-corrected chi connectivity index (χ3v) is 8.70. The summed E-state index contributed by atoms with van der Waals surface area (Å²) in [4.78, 5) is 23.5. The quantitative estimate of drug-likeness (QED) is 0.663. The van der Waals surface area contributed by atoms with Crippen molar-refractivity contribution < 1.29 is 14.3 Å². The number of carbonyl (C=O) groups excluding carboxylic acids is 2. The van der Waals surface area contributed by atoms with E-state index < -0.39 is 0 Å². The third kappa shape index (κ3) is 2.29. The van der Waals surface area contributed by atoms with E-state index in [1.807, 2.05) is 0 Å². The standard InChI is InChI=1S/C21H32O3/c1-13(22)24-19-7-6-17-16-5-4-14-12-15(23)8-10-20(14,2)18(16)9-11-21(17,19)3/h14,16-19H,4-12H2,1-3H3/t14-,16+,17+,18+,19+,20-,21+/m0/s1. The van der Waals surface area contributed by atoms with Gasteiger partial charge in [-0.05, 0) is 74.0 Å². The molecule has 3 heteroatoms. The molecule has 4 rings (SSSR count). The number of ether oxygens (including phenoxy) is 1.